The molecule has 2 N–H and O–H groups in total. The Hall–Kier alpha value is -1.32. The standard InChI is InChI=1S/C9H14N2O2/c1-9(2,3)4-7-6(8(10)12)5-13-11-7/h5H,4H2,1-3H3,(H2,10,12). The quantitative estimate of drug-likeness (QED) is 0.750. The number of amides is 1. The summed E-state index contributed by atoms with van der Waals surface area (Å²) in [5, 5.41) is 3.75. The molecule has 0 radical (unpaired) electrons. The van der Waals surface area contributed by atoms with Crippen LogP contribution in [0.3, 0.4) is 0 Å². The average Bonchev–Trinajstić information content (AvgIpc) is 2.31. The third-order valence-corrected chi connectivity index (χ3v) is 1.61. The van der Waals surface area contributed by atoms with Crippen molar-refractivity contribution in [2.75, 3.05) is 0 Å². The molecule has 1 heterocycles. The first-order chi connectivity index (χ1) is 5.90. The predicted molar refractivity (Wildman–Crippen MR) is 48.2 cm³/mol. The molecule has 1 amide bonds. The summed E-state index contributed by atoms with van der Waals surface area (Å²) in [5.74, 6) is -0.486. The largest absolute Gasteiger partial charge is 0.365 e. The van der Waals surface area contributed by atoms with Gasteiger partial charge in [0.05, 0.1) is 5.69 Å². The summed E-state index contributed by atoms with van der Waals surface area (Å²) >= 11 is 0. The van der Waals surface area contributed by atoms with Crippen LogP contribution in [0, 0.1) is 5.41 Å². The fourth-order valence-corrected chi connectivity index (χ4v) is 1.09. The van der Waals surface area contributed by atoms with Crippen LogP contribution in [-0.2, 0) is 6.42 Å². The Balaban J connectivity index is 2.89. The predicted octanol–water partition coefficient (Wildman–Crippen LogP) is 1.36. The lowest BCUT2D eigenvalue weighted by Crippen LogP contribution is -2.16. The highest BCUT2D eigenvalue weighted by Crippen LogP contribution is 2.21. The highest BCUT2D eigenvalue weighted by Gasteiger charge is 2.19. The number of hydrogen-bond donors (Lipinski definition) is 1. The molecule has 0 fully saturated rings. The Kier molecular flexibility index (Phi) is 2.40. The molecule has 0 aliphatic heterocycles. The molecular weight excluding hydrogens is 168 g/mol. The molecule has 0 atom stereocenters. The lowest BCUT2D eigenvalue weighted by atomic mass is 9.89. The van der Waals surface area contributed by atoms with Crippen molar-refractivity contribution in [3.05, 3.63) is 17.5 Å². The van der Waals surface area contributed by atoms with Gasteiger partial charge in [-0.25, -0.2) is 0 Å². The van der Waals surface area contributed by atoms with Gasteiger partial charge >= 0.3 is 0 Å². The third-order valence-electron chi connectivity index (χ3n) is 1.61. The molecule has 4 nitrogen and oxygen atoms in total. The van der Waals surface area contributed by atoms with Gasteiger partial charge in [0.1, 0.15) is 11.8 Å². The van der Waals surface area contributed by atoms with Gasteiger partial charge in [-0.15, -0.1) is 0 Å². The van der Waals surface area contributed by atoms with Crippen molar-refractivity contribution in [3.8, 4) is 0 Å². The van der Waals surface area contributed by atoms with E-state index in [-0.39, 0.29) is 5.41 Å². The van der Waals surface area contributed by atoms with Gasteiger partial charge < -0.3 is 10.3 Å². The van der Waals surface area contributed by atoms with Crippen LogP contribution in [0.2, 0.25) is 0 Å². The van der Waals surface area contributed by atoms with Crippen LogP contribution in [-0.4, -0.2) is 11.1 Å². The molecule has 0 aromatic carbocycles. The number of nitrogens with zero attached hydrogens (tertiary/aromatic N) is 1. The van der Waals surface area contributed by atoms with E-state index in [1.165, 1.54) is 6.26 Å². The Labute approximate surface area is 77.1 Å². The van der Waals surface area contributed by atoms with Crippen molar-refractivity contribution in [2.24, 2.45) is 11.1 Å². The van der Waals surface area contributed by atoms with Gasteiger partial charge in [-0.3, -0.25) is 4.79 Å². The van der Waals surface area contributed by atoms with Gasteiger partial charge in [0.2, 0.25) is 0 Å². The zero-order valence-corrected chi connectivity index (χ0v) is 8.13. The monoisotopic (exact) mass is 182 g/mol. The van der Waals surface area contributed by atoms with Crippen molar-refractivity contribution in [2.45, 2.75) is 27.2 Å². The molecule has 0 aliphatic rings. The SMILES string of the molecule is CC(C)(C)Cc1nocc1C(N)=O. The van der Waals surface area contributed by atoms with Crippen LogP contribution in [0.5, 0.6) is 0 Å². The molecule has 0 unspecified atom stereocenters. The lowest BCUT2D eigenvalue weighted by molar-refractivity contribution is 0.0998. The fraction of sp³-hybridized carbons (Fsp3) is 0.556. The van der Waals surface area contributed by atoms with E-state index in [2.05, 4.69) is 25.9 Å². The molecule has 0 saturated heterocycles. The van der Waals surface area contributed by atoms with E-state index in [9.17, 15) is 4.79 Å². The zero-order valence-electron chi connectivity index (χ0n) is 8.13. The molecule has 1 rings (SSSR count). The maximum absolute atomic E-state index is 10.9. The Morgan fingerprint density at radius 1 is 1.62 bits per heavy atom. The van der Waals surface area contributed by atoms with Crippen molar-refractivity contribution in [1.82, 2.24) is 5.16 Å². The number of carbonyl (C=O) groups excluding carboxylic acids is 1. The van der Waals surface area contributed by atoms with Crippen LogP contribution >= 0.6 is 0 Å². The molecule has 0 saturated carbocycles. The zero-order chi connectivity index (χ0) is 10.1. The summed E-state index contributed by atoms with van der Waals surface area (Å²) in [6.45, 7) is 6.19. The van der Waals surface area contributed by atoms with Crippen molar-refractivity contribution < 1.29 is 9.32 Å². The first-order valence-electron chi connectivity index (χ1n) is 4.13. The smallest absolute Gasteiger partial charge is 0.253 e. The minimum atomic E-state index is -0.486. The van der Waals surface area contributed by atoms with Gasteiger partial charge in [-0.2, -0.15) is 0 Å². The van der Waals surface area contributed by atoms with Crippen LogP contribution < -0.4 is 5.73 Å². The van der Waals surface area contributed by atoms with E-state index >= 15 is 0 Å². The Morgan fingerprint density at radius 2 is 2.23 bits per heavy atom. The lowest BCUT2D eigenvalue weighted by Gasteiger charge is -2.15. The molecule has 72 valence electrons. The number of aromatic nitrogens is 1. The third kappa shape index (κ3) is 2.57. The van der Waals surface area contributed by atoms with E-state index < -0.39 is 5.91 Å². The number of hydrogen-bond acceptors (Lipinski definition) is 3. The minimum absolute atomic E-state index is 0.0705. The van der Waals surface area contributed by atoms with E-state index in [1.807, 2.05) is 0 Å². The molecule has 0 bridgehead atoms. The summed E-state index contributed by atoms with van der Waals surface area (Å²) in [4.78, 5) is 10.9. The first kappa shape index (κ1) is 9.77. The number of primary amides is 1. The second-order valence-corrected chi connectivity index (χ2v) is 4.28. The maximum Gasteiger partial charge on any atom is 0.253 e. The van der Waals surface area contributed by atoms with Gasteiger partial charge in [0, 0.05) is 0 Å². The van der Waals surface area contributed by atoms with Gasteiger partial charge in [0.15, 0.2) is 0 Å². The normalized spacial score (nSPS) is 11.6. The minimum Gasteiger partial charge on any atom is -0.365 e. The summed E-state index contributed by atoms with van der Waals surface area (Å²) in [5.41, 5.74) is 6.23. The molecular formula is C9H14N2O2. The summed E-state index contributed by atoms with van der Waals surface area (Å²) in [7, 11) is 0. The van der Waals surface area contributed by atoms with Crippen LogP contribution in [0.4, 0.5) is 0 Å². The van der Waals surface area contributed by atoms with E-state index in [4.69, 9.17) is 10.3 Å². The van der Waals surface area contributed by atoms with E-state index in [0.717, 1.165) is 0 Å². The summed E-state index contributed by atoms with van der Waals surface area (Å²) in [6, 6.07) is 0. The number of rotatable bonds is 2. The van der Waals surface area contributed by atoms with Gasteiger partial charge in [0.25, 0.3) is 5.91 Å². The fourth-order valence-electron chi connectivity index (χ4n) is 1.09. The topological polar surface area (TPSA) is 69.1 Å². The maximum atomic E-state index is 10.9. The van der Waals surface area contributed by atoms with Crippen LogP contribution in [0.1, 0.15) is 36.8 Å². The summed E-state index contributed by atoms with van der Waals surface area (Å²) in [6.07, 6.45) is 1.98. The average molecular weight is 182 g/mol. The van der Waals surface area contributed by atoms with Crippen molar-refractivity contribution in [3.63, 3.8) is 0 Å². The molecule has 13 heavy (non-hydrogen) atoms. The highest BCUT2D eigenvalue weighted by molar-refractivity contribution is 5.93. The molecule has 4 heteroatoms. The number of carbonyl (C=O) groups is 1. The molecule has 0 aliphatic carbocycles. The van der Waals surface area contributed by atoms with Crippen molar-refractivity contribution >= 4 is 5.91 Å². The van der Waals surface area contributed by atoms with Gasteiger partial charge in [-0.1, -0.05) is 25.9 Å². The molecule has 0 spiro atoms. The Bertz CT molecular complexity index is 310. The molecule has 1 aromatic rings. The highest BCUT2D eigenvalue weighted by atomic mass is 16.5. The molecule has 1 aromatic heterocycles. The van der Waals surface area contributed by atoms with E-state index in [1.54, 1.807) is 0 Å². The van der Waals surface area contributed by atoms with Gasteiger partial charge in [-0.05, 0) is 11.8 Å². The first-order valence-corrected chi connectivity index (χ1v) is 4.13. The van der Waals surface area contributed by atoms with Crippen molar-refractivity contribution in [1.29, 1.82) is 0 Å². The van der Waals surface area contributed by atoms with Crippen LogP contribution in [0.15, 0.2) is 10.8 Å². The number of nitrogens with two attached hydrogens (primary N) is 1. The van der Waals surface area contributed by atoms with Crippen LogP contribution in [0.25, 0.3) is 0 Å². The Morgan fingerprint density at radius 3 is 2.69 bits per heavy atom. The summed E-state index contributed by atoms with van der Waals surface area (Å²) < 4.78 is 4.70. The second kappa shape index (κ2) is 3.20. The second-order valence-electron chi connectivity index (χ2n) is 4.28. The van der Waals surface area contributed by atoms with E-state index in [0.29, 0.717) is 17.7 Å².